The van der Waals surface area contributed by atoms with E-state index in [0.29, 0.717) is 13.0 Å². The van der Waals surface area contributed by atoms with Crippen molar-refractivity contribution >= 4 is 5.84 Å². The third kappa shape index (κ3) is 2.90. The van der Waals surface area contributed by atoms with E-state index in [1.54, 1.807) is 0 Å². The standard InChI is InChI=1S/C13H18N2O2/c14-13(15-16)8-9-17-12-7-3-5-10-4-1-2-6-11(10)12/h3,5,7,16H,1-2,4,6,8-9H2,(H2,14,15). The topological polar surface area (TPSA) is 67.8 Å². The molecule has 1 aromatic carbocycles. The Bertz CT molecular complexity index is 416. The Morgan fingerprint density at radius 1 is 1.35 bits per heavy atom. The highest BCUT2D eigenvalue weighted by Crippen LogP contribution is 2.29. The molecule has 0 unspecified atom stereocenters. The molecule has 0 bridgehead atoms. The first-order valence-corrected chi connectivity index (χ1v) is 6.01. The Morgan fingerprint density at radius 2 is 2.18 bits per heavy atom. The number of ether oxygens (including phenoxy) is 1. The minimum atomic E-state index is 0.204. The van der Waals surface area contributed by atoms with Gasteiger partial charge in [-0.05, 0) is 42.9 Å². The van der Waals surface area contributed by atoms with Gasteiger partial charge in [0.2, 0.25) is 0 Å². The van der Waals surface area contributed by atoms with Gasteiger partial charge >= 0.3 is 0 Å². The molecule has 0 amide bonds. The van der Waals surface area contributed by atoms with Crippen LogP contribution in [0, 0.1) is 0 Å². The number of benzene rings is 1. The highest BCUT2D eigenvalue weighted by Gasteiger charge is 2.13. The van der Waals surface area contributed by atoms with E-state index in [0.717, 1.165) is 18.6 Å². The average Bonchev–Trinajstić information content (AvgIpc) is 2.39. The number of fused-ring (bicyclic) bond motifs is 1. The lowest BCUT2D eigenvalue weighted by atomic mass is 9.91. The highest BCUT2D eigenvalue weighted by molar-refractivity contribution is 5.79. The van der Waals surface area contributed by atoms with Crippen molar-refractivity contribution in [2.24, 2.45) is 10.9 Å². The van der Waals surface area contributed by atoms with E-state index >= 15 is 0 Å². The molecule has 0 aliphatic heterocycles. The van der Waals surface area contributed by atoms with Crippen LogP contribution in [0.2, 0.25) is 0 Å². The maximum atomic E-state index is 8.43. The number of rotatable bonds is 4. The number of oxime groups is 1. The van der Waals surface area contributed by atoms with E-state index in [1.807, 2.05) is 12.1 Å². The minimum absolute atomic E-state index is 0.204. The van der Waals surface area contributed by atoms with E-state index in [9.17, 15) is 0 Å². The molecule has 1 aliphatic rings. The van der Waals surface area contributed by atoms with Crippen molar-refractivity contribution in [3.8, 4) is 5.75 Å². The molecule has 2 rings (SSSR count). The van der Waals surface area contributed by atoms with Gasteiger partial charge in [-0.2, -0.15) is 0 Å². The van der Waals surface area contributed by atoms with Crippen LogP contribution >= 0.6 is 0 Å². The van der Waals surface area contributed by atoms with Gasteiger partial charge in [-0.1, -0.05) is 17.3 Å². The van der Waals surface area contributed by atoms with Crippen LogP contribution in [0.15, 0.2) is 23.4 Å². The summed E-state index contributed by atoms with van der Waals surface area (Å²) in [5.74, 6) is 1.16. The quantitative estimate of drug-likeness (QED) is 0.363. The zero-order chi connectivity index (χ0) is 12.1. The first-order valence-electron chi connectivity index (χ1n) is 6.01. The zero-order valence-electron chi connectivity index (χ0n) is 9.85. The van der Waals surface area contributed by atoms with Gasteiger partial charge in [-0.15, -0.1) is 0 Å². The van der Waals surface area contributed by atoms with Crippen LogP contribution in [0.4, 0.5) is 0 Å². The predicted molar refractivity (Wildman–Crippen MR) is 66.6 cm³/mol. The van der Waals surface area contributed by atoms with Gasteiger partial charge in [-0.3, -0.25) is 0 Å². The molecule has 0 aromatic heterocycles. The van der Waals surface area contributed by atoms with Crippen LogP contribution in [0.5, 0.6) is 5.75 Å². The molecule has 0 spiro atoms. The van der Waals surface area contributed by atoms with Gasteiger partial charge in [0.1, 0.15) is 11.6 Å². The second-order valence-corrected chi connectivity index (χ2v) is 4.29. The van der Waals surface area contributed by atoms with Gasteiger partial charge in [0.15, 0.2) is 0 Å². The number of nitrogens with zero attached hydrogens (tertiary/aromatic N) is 1. The number of nitrogens with two attached hydrogens (primary N) is 1. The van der Waals surface area contributed by atoms with E-state index in [2.05, 4.69) is 11.2 Å². The highest BCUT2D eigenvalue weighted by atomic mass is 16.5. The molecule has 0 atom stereocenters. The summed E-state index contributed by atoms with van der Waals surface area (Å²) in [6.07, 6.45) is 5.18. The molecular formula is C13H18N2O2. The monoisotopic (exact) mass is 234 g/mol. The first-order chi connectivity index (χ1) is 8.31. The Hall–Kier alpha value is -1.71. The third-order valence-corrected chi connectivity index (χ3v) is 3.10. The van der Waals surface area contributed by atoms with Crippen LogP contribution in [0.1, 0.15) is 30.4 Å². The molecular weight excluding hydrogens is 216 g/mol. The second kappa shape index (κ2) is 5.57. The number of hydrogen-bond acceptors (Lipinski definition) is 3. The van der Waals surface area contributed by atoms with Gasteiger partial charge < -0.3 is 15.7 Å². The molecule has 1 aromatic rings. The lowest BCUT2D eigenvalue weighted by molar-refractivity contribution is 0.304. The van der Waals surface area contributed by atoms with Crippen LogP contribution in [-0.2, 0) is 12.8 Å². The summed E-state index contributed by atoms with van der Waals surface area (Å²) in [6.45, 7) is 0.451. The molecule has 4 nitrogen and oxygen atoms in total. The van der Waals surface area contributed by atoms with E-state index in [1.165, 1.54) is 24.0 Å². The number of amidine groups is 1. The second-order valence-electron chi connectivity index (χ2n) is 4.29. The molecule has 0 heterocycles. The molecule has 0 saturated heterocycles. The largest absolute Gasteiger partial charge is 0.493 e. The molecule has 4 heteroatoms. The summed E-state index contributed by atoms with van der Waals surface area (Å²) in [5, 5.41) is 11.4. The number of aryl methyl sites for hydroxylation is 1. The molecule has 92 valence electrons. The van der Waals surface area contributed by atoms with Gasteiger partial charge in [0.25, 0.3) is 0 Å². The van der Waals surface area contributed by atoms with E-state index in [-0.39, 0.29) is 5.84 Å². The zero-order valence-corrected chi connectivity index (χ0v) is 9.85. The van der Waals surface area contributed by atoms with Crippen molar-refractivity contribution in [2.45, 2.75) is 32.1 Å². The summed E-state index contributed by atoms with van der Waals surface area (Å²) in [4.78, 5) is 0. The van der Waals surface area contributed by atoms with Gasteiger partial charge in [0, 0.05) is 6.42 Å². The fourth-order valence-corrected chi connectivity index (χ4v) is 2.20. The van der Waals surface area contributed by atoms with Crippen molar-refractivity contribution < 1.29 is 9.94 Å². The maximum absolute atomic E-state index is 8.43. The Balaban J connectivity index is 2.01. The Kier molecular flexibility index (Phi) is 3.85. The fourth-order valence-electron chi connectivity index (χ4n) is 2.20. The van der Waals surface area contributed by atoms with Crippen LogP contribution in [0.25, 0.3) is 0 Å². The molecule has 0 fully saturated rings. The molecule has 17 heavy (non-hydrogen) atoms. The van der Waals surface area contributed by atoms with E-state index in [4.69, 9.17) is 15.7 Å². The van der Waals surface area contributed by atoms with Crippen LogP contribution in [0.3, 0.4) is 0 Å². The van der Waals surface area contributed by atoms with Gasteiger partial charge in [-0.25, -0.2) is 0 Å². The Labute approximate surface area is 101 Å². The summed E-state index contributed by atoms with van der Waals surface area (Å²) in [7, 11) is 0. The maximum Gasteiger partial charge on any atom is 0.142 e. The molecule has 0 radical (unpaired) electrons. The fraction of sp³-hybridized carbons (Fsp3) is 0.462. The summed E-state index contributed by atoms with van der Waals surface area (Å²) in [6, 6.07) is 6.20. The van der Waals surface area contributed by atoms with Gasteiger partial charge in [0.05, 0.1) is 6.61 Å². The van der Waals surface area contributed by atoms with Crippen molar-refractivity contribution in [3.63, 3.8) is 0 Å². The average molecular weight is 234 g/mol. The lowest BCUT2D eigenvalue weighted by Crippen LogP contribution is -2.16. The lowest BCUT2D eigenvalue weighted by Gasteiger charge is -2.19. The Morgan fingerprint density at radius 3 is 3.00 bits per heavy atom. The SMILES string of the molecule is N/C(CCOc1cccc2c1CCCC2)=N\O. The number of hydrogen-bond donors (Lipinski definition) is 2. The minimum Gasteiger partial charge on any atom is -0.493 e. The molecule has 1 aliphatic carbocycles. The smallest absolute Gasteiger partial charge is 0.142 e. The van der Waals surface area contributed by atoms with Crippen LogP contribution in [-0.4, -0.2) is 17.6 Å². The summed E-state index contributed by atoms with van der Waals surface area (Å²) in [5.41, 5.74) is 8.13. The van der Waals surface area contributed by atoms with E-state index < -0.39 is 0 Å². The normalized spacial score (nSPS) is 15.4. The predicted octanol–water partition coefficient (Wildman–Crippen LogP) is 2.08. The summed E-state index contributed by atoms with van der Waals surface area (Å²) < 4.78 is 5.70. The van der Waals surface area contributed by atoms with Crippen LogP contribution < -0.4 is 10.5 Å². The van der Waals surface area contributed by atoms with Crippen molar-refractivity contribution in [1.82, 2.24) is 0 Å². The third-order valence-electron chi connectivity index (χ3n) is 3.10. The summed E-state index contributed by atoms with van der Waals surface area (Å²) >= 11 is 0. The van der Waals surface area contributed by atoms with Crippen molar-refractivity contribution in [3.05, 3.63) is 29.3 Å². The first kappa shape index (κ1) is 11.8. The van der Waals surface area contributed by atoms with Crippen molar-refractivity contribution in [2.75, 3.05) is 6.61 Å². The van der Waals surface area contributed by atoms with Crippen molar-refractivity contribution in [1.29, 1.82) is 0 Å². The molecule has 3 N–H and O–H groups in total. The molecule has 0 saturated carbocycles.